The number of nitrogens with zero attached hydrogens (tertiary/aromatic N) is 2. The van der Waals surface area contributed by atoms with Crippen molar-refractivity contribution in [2.24, 2.45) is 4.99 Å². The molecule has 0 bridgehead atoms. The smallest absolute Gasteiger partial charge is 0.194 e. The molecule has 26 heavy (non-hydrogen) atoms. The number of hydrogen-bond acceptors (Lipinski definition) is 4. The van der Waals surface area contributed by atoms with E-state index in [0.717, 1.165) is 56.4 Å². The minimum Gasteiger partial charge on any atom is -0.497 e. The molecular weight excluding hydrogens is 445 g/mol. The Bertz CT molecular complexity index is 579. The largest absolute Gasteiger partial charge is 0.497 e. The van der Waals surface area contributed by atoms with Crippen LogP contribution in [0.1, 0.15) is 25.3 Å². The first-order chi connectivity index (χ1) is 12.3. The highest BCUT2D eigenvalue weighted by atomic mass is 127. The molecule has 0 radical (unpaired) electrons. The highest BCUT2D eigenvalue weighted by Gasteiger charge is 2.32. The van der Waals surface area contributed by atoms with E-state index >= 15 is 0 Å². The molecule has 2 aliphatic rings. The maximum atomic E-state index is 5.95. The maximum absolute atomic E-state index is 5.95. The van der Waals surface area contributed by atoms with Crippen LogP contribution in [0.5, 0.6) is 5.75 Å². The Balaban J connectivity index is 0.00000243. The summed E-state index contributed by atoms with van der Waals surface area (Å²) in [7, 11) is 1.69. The molecule has 0 aromatic heterocycles. The van der Waals surface area contributed by atoms with E-state index in [1.807, 2.05) is 18.2 Å². The van der Waals surface area contributed by atoms with Gasteiger partial charge in [0.05, 0.1) is 26.4 Å². The molecule has 0 saturated carbocycles. The summed E-state index contributed by atoms with van der Waals surface area (Å²) in [6.07, 6.45) is 2.59. The summed E-state index contributed by atoms with van der Waals surface area (Å²) in [5.74, 6) is 1.80. The van der Waals surface area contributed by atoms with Gasteiger partial charge in [0.15, 0.2) is 5.96 Å². The Labute approximate surface area is 173 Å². The molecule has 2 unspecified atom stereocenters. The molecule has 1 N–H and O–H groups in total. The summed E-state index contributed by atoms with van der Waals surface area (Å²) in [5.41, 5.74) is 1.14. The zero-order valence-corrected chi connectivity index (χ0v) is 18.0. The van der Waals surface area contributed by atoms with Crippen LogP contribution in [-0.4, -0.2) is 63.0 Å². The van der Waals surface area contributed by atoms with Crippen molar-refractivity contribution >= 4 is 29.9 Å². The zero-order valence-electron chi connectivity index (χ0n) is 15.6. The van der Waals surface area contributed by atoms with E-state index in [0.29, 0.717) is 13.2 Å². The first-order valence-corrected chi connectivity index (χ1v) is 9.19. The second-order valence-corrected chi connectivity index (χ2v) is 6.43. The topological polar surface area (TPSA) is 55.3 Å². The van der Waals surface area contributed by atoms with E-state index in [1.54, 1.807) is 7.11 Å². The number of aliphatic imine (C=N–C) groups is 1. The molecule has 0 aliphatic carbocycles. The summed E-state index contributed by atoms with van der Waals surface area (Å²) >= 11 is 0. The lowest BCUT2D eigenvalue weighted by molar-refractivity contribution is -0.0817. The quantitative estimate of drug-likeness (QED) is 0.403. The van der Waals surface area contributed by atoms with Gasteiger partial charge in [-0.25, -0.2) is 4.99 Å². The normalized spacial score (nSPS) is 23.5. The molecule has 0 amide bonds. The zero-order chi connectivity index (χ0) is 17.5. The van der Waals surface area contributed by atoms with E-state index in [2.05, 4.69) is 23.2 Å². The minimum absolute atomic E-state index is 0. The highest BCUT2D eigenvalue weighted by Crippen LogP contribution is 2.21. The van der Waals surface area contributed by atoms with Crippen LogP contribution in [-0.2, 0) is 16.0 Å². The number of guanidine groups is 1. The van der Waals surface area contributed by atoms with E-state index in [4.69, 9.17) is 19.2 Å². The predicted octanol–water partition coefficient (Wildman–Crippen LogP) is 2.66. The van der Waals surface area contributed by atoms with Gasteiger partial charge in [-0.2, -0.15) is 0 Å². The van der Waals surface area contributed by atoms with Crippen LogP contribution in [0.3, 0.4) is 0 Å². The van der Waals surface area contributed by atoms with Gasteiger partial charge in [-0.3, -0.25) is 0 Å². The Morgan fingerprint density at radius 1 is 1.31 bits per heavy atom. The molecule has 146 valence electrons. The molecule has 2 atom stereocenters. The summed E-state index contributed by atoms with van der Waals surface area (Å²) in [6.45, 7) is 6.82. The standard InChI is InChI=1S/C19H29N3O3.HI/c1-3-20-19(21-13-15-6-4-7-16(12-15)23-2)22-9-11-25-18(14-22)17-8-5-10-24-17;/h4,6-7,12,17-18H,3,5,8-11,13-14H2,1-2H3,(H,20,21);1H. The van der Waals surface area contributed by atoms with Crippen LogP contribution in [0.25, 0.3) is 0 Å². The number of methoxy groups -OCH3 is 1. The lowest BCUT2D eigenvalue weighted by atomic mass is 10.1. The Hall–Kier alpha value is -1.06. The number of nitrogens with one attached hydrogen (secondary N) is 1. The number of ether oxygens (including phenoxy) is 3. The number of rotatable bonds is 5. The van der Waals surface area contributed by atoms with Crippen LogP contribution >= 0.6 is 24.0 Å². The van der Waals surface area contributed by atoms with Gasteiger partial charge in [0, 0.05) is 26.2 Å². The molecule has 2 fully saturated rings. The molecule has 1 aromatic carbocycles. The summed E-state index contributed by atoms with van der Waals surface area (Å²) in [5, 5.41) is 3.41. The van der Waals surface area contributed by atoms with Crippen molar-refractivity contribution in [3.63, 3.8) is 0 Å². The maximum Gasteiger partial charge on any atom is 0.194 e. The van der Waals surface area contributed by atoms with Crippen molar-refractivity contribution in [3.8, 4) is 5.75 Å². The third-order valence-electron chi connectivity index (χ3n) is 4.65. The molecule has 0 spiro atoms. The molecular formula is C19H30IN3O3. The van der Waals surface area contributed by atoms with Gasteiger partial charge in [0.1, 0.15) is 11.9 Å². The molecule has 2 aliphatic heterocycles. The predicted molar refractivity (Wildman–Crippen MR) is 114 cm³/mol. The van der Waals surface area contributed by atoms with E-state index in [-0.39, 0.29) is 36.2 Å². The van der Waals surface area contributed by atoms with Crippen LogP contribution in [0.4, 0.5) is 0 Å². The van der Waals surface area contributed by atoms with Gasteiger partial charge < -0.3 is 24.4 Å². The number of hydrogen-bond donors (Lipinski definition) is 1. The van der Waals surface area contributed by atoms with Crippen molar-refractivity contribution in [1.82, 2.24) is 10.2 Å². The van der Waals surface area contributed by atoms with Crippen molar-refractivity contribution in [2.45, 2.75) is 38.5 Å². The first-order valence-electron chi connectivity index (χ1n) is 9.19. The van der Waals surface area contributed by atoms with E-state index in [1.165, 1.54) is 0 Å². The Kier molecular flexibility index (Phi) is 8.94. The summed E-state index contributed by atoms with van der Waals surface area (Å²) in [6, 6.07) is 8.05. The number of halogens is 1. The summed E-state index contributed by atoms with van der Waals surface area (Å²) < 4.78 is 17.0. The monoisotopic (exact) mass is 475 g/mol. The van der Waals surface area contributed by atoms with Gasteiger partial charge in [-0.1, -0.05) is 12.1 Å². The van der Waals surface area contributed by atoms with Crippen LogP contribution in [0, 0.1) is 0 Å². The molecule has 2 saturated heterocycles. The second kappa shape index (κ2) is 10.9. The third-order valence-corrected chi connectivity index (χ3v) is 4.65. The van der Waals surface area contributed by atoms with Crippen LogP contribution in [0.2, 0.25) is 0 Å². The number of benzene rings is 1. The highest BCUT2D eigenvalue weighted by molar-refractivity contribution is 14.0. The molecule has 3 rings (SSSR count). The van der Waals surface area contributed by atoms with Gasteiger partial charge in [0.2, 0.25) is 0 Å². The molecule has 1 aromatic rings. The average Bonchev–Trinajstić information content (AvgIpc) is 3.20. The Morgan fingerprint density at radius 3 is 2.88 bits per heavy atom. The van der Waals surface area contributed by atoms with Gasteiger partial charge >= 0.3 is 0 Å². The Morgan fingerprint density at radius 2 is 2.15 bits per heavy atom. The fraction of sp³-hybridized carbons (Fsp3) is 0.632. The van der Waals surface area contributed by atoms with Gasteiger partial charge in [-0.15, -0.1) is 24.0 Å². The van der Waals surface area contributed by atoms with E-state index < -0.39 is 0 Å². The average molecular weight is 475 g/mol. The van der Waals surface area contributed by atoms with Crippen molar-refractivity contribution in [2.75, 3.05) is 40.0 Å². The molecule has 2 heterocycles. The summed E-state index contributed by atoms with van der Waals surface area (Å²) in [4.78, 5) is 7.11. The fourth-order valence-corrected chi connectivity index (χ4v) is 3.35. The number of morpholine rings is 1. The first kappa shape index (κ1) is 21.2. The van der Waals surface area contributed by atoms with E-state index in [9.17, 15) is 0 Å². The SMILES string of the molecule is CCNC(=NCc1cccc(OC)c1)N1CCOC(C2CCCO2)C1.I. The van der Waals surface area contributed by atoms with Gasteiger partial charge in [-0.05, 0) is 37.5 Å². The van der Waals surface area contributed by atoms with Gasteiger partial charge in [0.25, 0.3) is 0 Å². The molecule has 7 heteroatoms. The van der Waals surface area contributed by atoms with Crippen molar-refractivity contribution in [3.05, 3.63) is 29.8 Å². The lowest BCUT2D eigenvalue weighted by Gasteiger charge is -2.37. The third kappa shape index (κ3) is 5.72. The van der Waals surface area contributed by atoms with Crippen LogP contribution in [0.15, 0.2) is 29.3 Å². The second-order valence-electron chi connectivity index (χ2n) is 6.43. The van der Waals surface area contributed by atoms with Crippen LogP contribution < -0.4 is 10.1 Å². The van der Waals surface area contributed by atoms with Crippen molar-refractivity contribution in [1.29, 1.82) is 0 Å². The molecule has 6 nitrogen and oxygen atoms in total. The lowest BCUT2D eigenvalue weighted by Crippen LogP contribution is -2.53. The minimum atomic E-state index is 0. The van der Waals surface area contributed by atoms with Crippen molar-refractivity contribution < 1.29 is 14.2 Å². The fourth-order valence-electron chi connectivity index (χ4n) is 3.35.